The molecule has 1 heterocycles. The number of benzene rings is 1. The summed E-state index contributed by atoms with van der Waals surface area (Å²) in [6.45, 7) is 0. The molecule has 2 N–H and O–H groups in total. The van der Waals surface area contributed by atoms with E-state index >= 15 is 0 Å². The van der Waals surface area contributed by atoms with E-state index in [-0.39, 0.29) is 40.4 Å². The van der Waals surface area contributed by atoms with Crippen molar-refractivity contribution in [2.75, 3.05) is 23.9 Å². The van der Waals surface area contributed by atoms with Crippen LogP contribution in [0.3, 0.4) is 0 Å². The number of rotatable bonds is 4. The normalized spacial score (nSPS) is 20.0. The molecule has 8 nitrogen and oxygen atoms in total. The molecule has 1 fully saturated rings. The topological polar surface area (TPSA) is 118 Å². The third kappa shape index (κ3) is 3.48. The number of nitrogens with zero attached hydrogens (tertiary/aromatic N) is 1. The van der Waals surface area contributed by atoms with Crippen molar-refractivity contribution in [3.05, 3.63) is 33.9 Å². The maximum absolute atomic E-state index is 11.6. The Morgan fingerprint density at radius 3 is 2.67 bits per heavy atom. The highest BCUT2D eigenvalue weighted by atomic mass is 32.2. The molecule has 1 aliphatic heterocycles. The summed E-state index contributed by atoms with van der Waals surface area (Å²) < 4.78 is 22.9. The summed E-state index contributed by atoms with van der Waals surface area (Å²) in [7, 11) is -1.63. The van der Waals surface area contributed by atoms with Crippen molar-refractivity contribution in [3.63, 3.8) is 0 Å². The van der Waals surface area contributed by atoms with Crippen LogP contribution in [-0.2, 0) is 9.84 Å². The van der Waals surface area contributed by atoms with Gasteiger partial charge in [-0.05, 0) is 18.6 Å². The lowest BCUT2D eigenvalue weighted by atomic mass is 10.1. The van der Waals surface area contributed by atoms with Crippen LogP contribution in [0.1, 0.15) is 16.8 Å². The summed E-state index contributed by atoms with van der Waals surface area (Å²) in [6, 6.07) is 3.57. The van der Waals surface area contributed by atoms with Crippen molar-refractivity contribution in [2.24, 2.45) is 0 Å². The van der Waals surface area contributed by atoms with Crippen LogP contribution in [0, 0.1) is 10.1 Å². The number of hydrogen-bond donors (Lipinski definition) is 2. The molecule has 1 aliphatic rings. The quantitative estimate of drug-likeness (QED) is 0.619. The number of amides is 1. The molecular weight excluding hydrogens is 298 g/mol. The SMILES string of the molecule is CNC(=O)c1ccc([N+](=O)[O-])c(NC2CCS(=O)(=O)C2)c1. The highest BCUT2D eigenvalue weighted by Crippen LogP contribution is 2.28. The van der Waals surface area contributed by atoms with Crippen LogP contribution in [0.2, 0.25) is 0 Å². The van der Waals surface area contributed by atoms with Gasteiger partial charge in [0.1, 0.15) is 5.69 Å². The van der Waals surface area contributed by atoms with Crippen molar-refractivity contribution >= 4 is 27.1 Å². The van der Waals surface area contributed by atoms with E-state index in [2.05, 4.69) is 10.6 Å². The number of anilines is 1. The summed E-state index contributed by atoms with van der Waals surface area (Å²) in [5, 5.41) is 16.3. The predicted molar refractivity (Wildman–Crippen MR) is 77.2 cm³/mol. The fraction of sp³-hybridized carbons (Fsp3) is 0.417. The fourth-order valence-electron chi connectivity index (χ4n) is 2.23. The fourth-order valence-corrected chi connectivity index (χ4v) is 3.90. The van der Waals surface area contributed by atoms with E-state index in [1.807, 2.05) is 0 Å². The lowest BCUT2D eigenvalue weighted by Gasteiger charge is -2.13. The maximum Gasteiger partial charge on any atom is 0.292 e. The smallest absolute Gasteiger partial charge is 0.292 e. The van der Waals surface area contributed by atoms with Gasteiger partial charge >= 0.3 is 0 Å². The molecule has 1 aromatic carbocycles. The van der Waals surface area contributed by atoms with Gasteiger partial charge in [-0.3, -0.25) is 14.9 Å². The Hall–Kier alpha value is -2.16. The van der Waals surface area contributed by atoms with Gasteiger partial charge in [0, 0.05) is 24.7 Å². The number of carbonyl (C=O) groups excluding carboxylic acids is 1. The van der Waals surface area contributed by atoms with Gasteiger partial charge in [-0.1, -0.05) is 0 Å². The van der Waals surface area contributed by atoms with Crippen molar-refractivity contribution in [2.45, 2.75) is 12.5 Å². The Kier molecular flexibility index (Phi) is 4.12. The second-order valence-corrected chi connectivity index (χ2v) is 7.04. The average molecular weight is 313 g/mol. The molecule has 1 amide bonds. The first kappa shape index (κ1) is 15.2. The van der Waals surface area contributed by atoms with E-state index in [0.717, 1.165) is 0 Å². The van der Waals surface area contributed by atoms with Crippen molar-refractivity contribution in [1.29, 1.82) is 0 Å². The van der Waals surface area contributed by atoms with E-state index in [1.165, 1.54) is 25.2 Å². The van der Waals surface area contributed by atoms with E-state index in [4.69, 9.17) is 0 Å². The molecule has 1 saturated heterocycles. The highest BCUT2D eigenvalue weighted by molar-refractivity contribution is 7.91. The van der Waals surface area contributed by atoms with Gasteiger partial charge in [0.15, 0.2) is 9.84 Å². The Morgan fingerprint density at radius 1 is 1.43 bits per heavy atom. The summed E-state index contributed by atoms with van der Waals surface area (Å²) in [5.41, 5.74) is 0.238. The van der Waals surface area contributed by atoms with Crippen molar-refractivity contribution < 1.29 is 18.1 Å². The molecule has 0 spiro atoms. The van der Waals surface area contributed by atoms with E-state index in [9.17, 15) is 23.3 Å². The number of nitro groups is 1. The Balaban J connectivity index is 2.31. The second-order valence-electron chi connectivity index (χ2n) is 4.81. The van der Waals surface area contributed by atoms with Crippen LogP contribution in [0.4, 0.5) is 11.4 Å². The van der Waals surface area contributed by atoms with Gasteiger partial charge in [-0.25, -0.2) is 8.42 Å². The van der Waals surface area contributed by atoms with Crippen LogP contribution in [0.25, 0.3) is 0 Å². The largest absolute Gasteiger partial charge is 0.376 e. The van der Waals surface area contributed by atoms with Gasteiger partial charge in [-0.2, -0.15) is 0 Å². The van der Waals surface area contributed by atoms with Gasteiger partial charge < -0.3 is 10.6 Å². The summed E-state index contributed by atoms with van der Waals surface area (Å²) in [5.74, 6) is -0.367. The minimum Gasteiger partial charge on any atom is -0.376 e. The van der Waals surface area contributed by atoms with Crippen LogP contribution in [-0.4, -0.2) is 43.8 Å². The third-order valence-electron chi connectivity index (χ3n) is 3.27. The Bertz CT molecular complexity index is 686. The van der Waals surface area contributed by atoms with Gasteiger partial charge in [0.05, 0.1) is 16.4 Å². The molecule has 0 aromatic heterocycles. The van der Waals surface area contributed by atoms with E-state index in [1.54, 1.807) is 0 Å². The molecule has 1 atom stereocenters. The summed E-state index contributed by atoms with van der Waals surface area (Å²) in [6.07, 6.45) is 0.393. The summed E-state index contributed by atoms with van der Waals surface area (Å²) in [4.78, 5) is 22.0. The molecule has 2 rings (SSSR count). The lowest BCUT2D eigenvalue weighted by molar-refractivity contribution is -0.384. The van der Waals surface area contributed by atoms with Crippen molar-refractivity contribution in [3.8, 4) is 0 Å². The predicted octanol–water partition coefficient (Wildman–Crippen LogP) is 0.553. The molecule has 21 heavy (non-hydrogen) atoms. The van der Waals surface area contributed by atoms with E-state index in [0.29, 0.717) is 6.42 Å². The van der Waals surface area contributed by atoms with Crippen LogP contribution in [0.5, 0.6) is 0 Å². The van der Waals surface area contributed by atoms with Gasteiger partial charge in [-0.15, -0.1) is 0 Å². The summed E-state index contributed by atoms with van der Waals surface area (Å²) >= 11 is 0. The standard InChI is InChI=1S/C12H15N3O5S/c1-13-12(16)8-2-3-11(15(17)18)10(6-8)14-9-4-5-21(19,20)7-9/h2-3,6,9,14H,4-5,7H2,1H3,(H,13,16). The van der Waals surface area contributed by atoms with Crippen LogP contribution >= 0.6 is 0 Å². The van der Waals surface area contributed by atoms with Gasteiger partial charge in [0.25, 0.3) is 11.6 Å². The second kappa shape index (κ2) is 5.68. The molecule has 1 aromatic rings. The molecule has 0 saturated carbocycles. The maximum atomic E-state index is 11.6. The molecule has 1 unspecified atom stereocenters. The first-order valence-electron chi connectivity index (χ1n) is 6.30. The minimum absolute atomic E-state index is 0.0612. The third-order valence-corrected chi connectivity index (χ3v) is 5.04. The zero-order valence-electron chi connectivity index (χ0n) is 11.3. The molecular formula is C12H15N3O5S. The first-order valence-corrected chi connectivity index (χ1v) is 8.12. The highest BCUT2D eigenvalue weighted by Gasteiger charge is 2.29. The molecule has 0 bridgehead atoms. The van der Waals surface area contributed by atoms with Crippen LogP contribution < -0.4 is 10.6 Å². The monoisotopic (exact) mass is 313 g/mol. The molecule has 114 valence electrons. The number of carbonyl (C=O) groups is 1. The number of nitrogens with one attached hydrogen (secondary N) is 2. The van der Waals surface area contributed by atoms with Crippen LogP contribution in [0.15, 0.2) is 18.2 Å². The number of sulfone groups is 1. The van der Waals surface area contributed by atoms with Crippen molar-refractivity contribution in [1.82, 2.24) is 5.32 Å². The van der Waals surface area contributed by atoms with Gasteiger partial charge in [0.2, 0.25) is 0 Å². The zero-order valence-corrected chi connectivity index (χ0v) is 12.1. The number of nitro benzene ring substituents is 1. The molecule has 9 heteroatoms. The number of hydrogen-bond acceptors (Lipinski definition) is 6. The first-order chi connectivity index (χ1) is 9.82. The lowest BCUT2D eigenvalue weighted by Crippen LogP contribution is -2.22. The molecule has 0 radical (unpaired) electrons. The Labute approximate surface area is 121 Å². The average Bonchev–Trinajstić information content (AvgIpc) is 2.76. The van der Waals surface area contributed by atoms with E-state index < -0.39 is 14.8 Å². The minimum atomic E-state index is -3.09. The Morgan fingerprint density at radius 2 is 2.14 bits per heavy atom. The molecule has 0 aliphatic carbocycles. The zero-order chi connectivity index (χ0) is 15.6.